The molecule has 4 aromatic rings. The number of imidazole rings is 1. The summed E-state index contributed by atoms with van der Waals surface area (Å²) in [6.07, 6.45) is 1.83. The zero-order valence-corrected chi connectivity index (χ0v) is 15.2. The Morgan fingerprint density at radius 3 is 2.19 bits per heavy atom. The van der Waals surface area contributed by atoms with Crippen LogP contribution < -0.4 is 5.32 Å². The van der Waals surface area contributed by atoms with Crippen molar-refractivity contribution in [2.45, 2.75) is 19.4 Å². The molecule has 0 spiro atoms. The number of aromatic nitrogens is 2. The summed E-state index contributed by atoms with van der Waals surface area (Å²) in [5.74, 6) is -0.419. The maximum absolute atomic E-state index is 13.2. The van der Waals surface area contributed by atoms with Crippen LogP contribution in [-0.2, 0) is 11.3 Å². The Kier molecular flexibility index (Phi) is 4.71. The molecule has 134 valence electrons. The molecule has 0 bridgehead atoms. The highest BCUT2D eigenvalue weighted by Crippen LogP contribution is 2.27. The molecule has 27 heavy (non-hydrogen) atoms. The van der Waals surface area contributed by atoms with E-state index in [0.29, 0.717) is 0 Å². The van der Waals surface area contributed by atoms with Crippen molar-refractivity contribution in [1.82, 2.24) is 9.55 Å². The van der Waals surface area contributed by atoms with Crippen molar-refractivity contribution in [2.75, 3.05) is 5.32 Å². The number of hydrogen-bond donors (Lipinski definition) is 1. The van der Waals surface area contributed by atoms with Crippen molar-refractivity contribution in [3.63, 3.8) is 0 Å². The molecule has 0 aliphatic carbocycles. The maximum Gasteiger partial charge on any atom is 0.236 e. The van der Waals surface area contributed by atoms with E-state index >= 15 is 0 Å². The van der Waals surface area contributed by atoms with Gasteiger partial charge < -0.3 is 9.88 Å². The van der Waals surface area contributed by atoms with E-state index in [-0.39, 0.29) is 11.8 Å². The van der Waals surface area contributed by atoms with E-state index in [0.717, 1.165) is 34.4 Å². The standard InChI is InChI=1S/C23H21N3O/c1-2-26-16-24-20-15-19(13-14-21(20)26)25-23(27)22(17-9-5-3-6-10-17)18-11-7-4-8-12-18/h3-16,22H,2H2,1H3,(H,25,27). The summed E-state index contributed by atoms with van der Waals surface area (Å²) in [5, 5.41) is 3.07. The third-order valence-electron chi connectivity index (χ3n) is 4.76. The largest absolute Gasteiger partial charge is 0.331 e. The molecule has 3 aromatic carbocycles. The number of nitrogens with one attached hydrogen (secondary N) is 1. The topological polar surface area (TPSA) is 46.9 Å². The van der Waals surface area contributed by atoms with Gasteiger partial charge in [-0.3, -0.25) is 4.79 Å². The van der Waals surface area contributed by atoms with Gasteiger partial charge in [0.25, 0.3) is 0 Å². The number of fused-ring (bicyclic) bond motifs is 1. The van der Waals surface area contributed by atoms with E-state index in [1.54, 1.807) is 0 Å². The van der Waals surface area contributed by atoms with Gasteiger partial charge in [-0.05, 0) is 36.2 Å². The molecule has 1 aromatic heterocycles. The zero-order chi connectivity index (χ0) is 18.6. The van der Waals surface area contributed by atoms with E-state index in [9.17, 15) is 4.79 Å². The minimum absolute atomic E-state index is 0.0540. The van der Waals surface area contributed by atoms with Crippen molar-refractivity contribution >= 4 is 22.6 Å². The van der Waals surface area contributed by atoms with Gasteiger partial charge in [-0.15, -0.1) is 0 Å². The van der Waals surface area contributed by atoms with E-state index in [2.05, 4.69) is 21.8 Å². The lowest BCUT2D eigenvalue weighted by molar-refractivity contribution is -0.116. The summed E-state index contributed by atoms with van der Waals surface area (Å²) in [7, 11) is 0. The van der Waals surface area contributed by atoms with Crippen molar-refractivity contribution in [2.24, 2.45) is 0 Å². The Balaban J connectivity index is 1.66. The fraction of sp³-hybridized carbons (Fsp3) is 0.130. The number of anilines is 1. The van der Waals surface area contributed by atoms with Crippen LogP contribution in [0, 0.1) is 0 Å². The molecular weight excluding hydrogens is 334 g/mol. The van der Waals surface area contributed by atoms with E-state index in [1.807, 2.05) is 85.2 Å². The average Bonchev–Trinajstić information content (AvgIpc) is 3.12. The summed E-state index contributed by atoms with van der Waals surface area (Å²) in [6, 6.07) is 25.6. The number of carbonyl (C=O) groups is 1. The number of rotatable bonds is 5. The van der Waals surface area contributed by atoms with Gasteiger partial charge in [-0.25, -0.2) is 4.98 Å². The Bertz CT molecular complexity index is 1020. The second kappa shape index (κ2) is 7.46. The van der Waals surface area contributed by atoms with E-state index in [4.69, 9.17) is 0 Å². The van der Waals surface area contributed by atoms with Crippen LogP contribution in [0.2, 0.25) is 0 Å². The van der Waals surface area contributed by atoms with Crippen molar-refractivity contribution in [1.29, 1.82) is 0 Å². The summed E-state index contributed by atoms with van der Waals surface area (Å²) in [6.45, 7) is 2.95. The Labute approximate surface area is 158 Å². The van der Waals surface area contributed by atoms with Gasteiger partial charge in [-0.1, -0.05) is 60.7 Å². The highest BCUT2D eigenvalue weighted by atomic mass is 16.1. The molecule has 0 aliphatic rings. The summed E-state index contributed by atoms with van der Waals surface area (Å²) in [4.78, 5) is 17.6. The fourth-order valence-electron chi connectivity index (χ4n) is 3.39. The first-order valence-electron chi connectivity index (χ1n) is 9.12. The van der Waals surface area contributed by atoms with Crippen LogP contribution in [-0.4, -0.2) is 15.5 Å². The zero-order valence-electron chi connectivity index (χ0n) is 15.2. The molecule has 0 atom stereocenters. The second-order valence-corrected chi connectivity index (χ2v) is 6.48. The molecule has 0 fully saturated rings. The molecule has 4 heteroatoms. The quantitative estimate of drug-likeness (QED) is 0.557. The maximum atomic E-state index is 13.2. The smallest absolute Gasteiger partial charge is 0.236 e. The van der Waals surface area contributed by atoms with Gasteiger partial charge in [0.2, 0.25) is 5.91 Å². The first-order valence-corrected chi connectivity index (χ1v) is 9.12. The summed E-state index contributed by atoms with van der Waals surface area (Å²) in [5.41, 5.74) is 4.64. The molecule has 0 saturated carbocycles. The predicted molar refractivity (Wildman–Crippen MR) is 109 cm³/mol. The van der Waals surface area contributed by atoms with Crippen LogP contribution in [0.5, 0.6) is 0 Å². The Morgan fingerprint density at radius 2 is 1.59 bits per heavy atom. The fourth-order valence-corrected chi connectivity index (χ4v) is 3.39. The van der Waals surface area contributed by atoms with Gasteiger partial charge in [0.15, 0.2) is 0 Å². The molecule has 4 nitrogen and oxygen atoms in total. The molecule has 1 N–H and O–H groups in total. The molecule has 1 amide bonds. The second-order valence-electron chi connectivity index (χ2n) is 6.48. The third kappa shape index (κ3) is 3.47. The van der Waals surface area contributed by atoms with Crippen LogP contribution in [0.3, 0.4) is 0 Å². The number of aryl methyl sites for hydroxylation is 1. The molecule has 4 rings (SSSR count). The molecule has 1 heterocycles. The minimum Gasteiger partial charge on any atom is -0.331 e. The molecule has 0 radical (unpaired) electrons. The van der Waals surface area contributed by atoms with E-state index in [1.165, 1.54) is 0 Å². The van der Waals surface area contributed by atoms with Crippen molar-refractivity contribution in [3.8, 4) is 0 Å². The van der Waals surface area contributed by atoms with Gasteiger partial charge in [0.1, 0.15) is 0 Å². The summed E-state index contributed by atoms with van der Waals surface area (Å²) < 4.78 is 2.08. The average molecular weight is 355 g/mol. The molecule has 0 aliphatic heterocycles. The van der Waals surface area contributed by atoms with Crippen LogP contribution >= 0.6 is 0 Å². The molecule has 0 unspecified atom stereocenters. The first kappa shape index (κ1) is 17.0. The highest BCUT2D eigenvalue weighted by Gasteiger charge is 2.22. The number of hydrogen-bond acceptors (Lipinski definition) is 2. The van der Waals surface area contributed by atoms with Gasteiger partial charge in [0, 0.05) is 12.2 Å². The molecule has 0 saturated heterocycles. The van der Waals surface area contributed by atoms with Gasteiger partial charge in [-0.2, -0.15) is 0 Å². The normalized spacial score (nSPS) is 11.0. The number of benzene rings is 3. The van der Waals surface area contributed by atoms with Crippen molar-refractivity contribution in [3.05, 3.63) is 96.3 Å². The Hall–Kier alpha value is -3.40. The van der Waals surface area contributed by atoms with Crippen LogP contribution in [0.4, 0.5) is 5.69 Å². The van der Waals surface area contributed by atoms with Crippen LogP contribution in [0.1, 0.15) is 24.0 Å². The van der Waals surface area contributed by atoms with Crippen molar-refractivity contribution < 1.29 is 4.79 Å². The molecular formula is C23H21N3O. The lowest BCUT2D eigenvalue weighted by atomic mass is 9.90. The van der Waals surface area contributed by atoms with Crippen LogP contribution in [0.15, 0.2) is 85.2 Å². The van der Waals surface area contributed by atoms with Gasteiger partial charge in [0.05, 0.1) is 23.3 Å². The lowest BCUT2D eigenvalue weighted by Crippen LogP contribution is -2.22. The number of nitrogens with zero attached hydrogens (tertiary/aromatic N) is 2. The van der Waals surface area contributed by atoms with Gasteiger partial charge >= 0.3 is 0 Å². The minimum atomic E-state index is -0.365. The monoisotopic (exact) mass is 355 g/mol. The Morgan fingerprint density at radius 1 is 0.963 bits per heavy atom. The first-order chi connectivity index (χ1) is 13.3. The predicted octanol–water partition coefficient (Wildman–Crippen LogP) is 4.83. The SMILES string of the molecule is CCn1cnc2cc(NC(=O)C(c3ccccc3)c3ccccc3)ccc21. The lowest BCUT2D eigenvalue weighted by Gasteiger charge is -2.18. The number of carbonyl (C=O) groups excluding carboxylic acids is 1. The van der Waals surface area contributed by atoms with Crippen LogP contribution in [0.25, 0.3) is 11.0 Å². The highest BCUT2D eigenvalue weighted by molar-refractivity contribution is 5.99. The third-order valence-corrected chi connectivity index (χ3v) is 4.76. The number of amides is 1. The summed E-state index contributed by atoms with van der Waals surface area (Å²) >= 11 is 0. The van der Waals surface area contributed by atoms with E-state index < -0.39 is 0 Å².